The smallest absolute Gasteiger partial charge is 0.197 e. The second-order valence-corrected chi connectivity index (χ2v) is 7.24. The standard InChI is InChI=1S/C22H28F4/c1-3-5-15-7-11-17(12-8-15)19(23)21(25)22(26)20(24)18-13-9-16(6-4-2)10-14-18/h7-8,11-12,16,18H,3-6,9-10,13-14H2,1-2H3/b21-19+,22-20+. The first-order valence-electron chi connectivity index (χ1n) is 9.67. The van der Waals surface area contributed by atoms with Crippen molar-refractivity contribution in [1.29, 1.82) is 0 Å². The summed E-state index contributed by atoms with van der Waals surface area (Å²) in [7, 11) is 0. The third-order valence-electron chi connectivity index (χ3n) is 5.24. The maximum atomic E-state index is 14.3. The van der Waals surface area contributed by atoms with Crippen LogP contribution in [0.25, 0.3) is 5.83 Å². The first kappa shape index (κ1) is 20.7. The molecule has 0 amide bonds. The normalized spacial score (nSPS) is 22.7. The van der Waals surface area contributed by atoms with E-state index >= 15 is 0 Å². The summed E-state index contributed by atoms with van der Waals surface area (Å²) in [5, 5.41) is 0. The van der Waals surface area contributed by atoms with Crippen LogP contribution in [0.3, 0.4) is 0 Å². The summed E-state index contributed by atoms with van der Waals surface area (Å²) in [5.74, 6) is -6.02. The van der Waals surface area contributed by atoms with Gasteiger partial charge in [0.05, 0.1) is 0 Å². The zero-order chi connectivity index (χ0) is 19.1. The van der Waals surface area contributed by atoms with Gasteiger partial charge >= 0.3 is 0 Å². The summed E-state index contributed by atoms with van der Waals surface area (Å²) in [4.78, 5) is 0. The summed E-state index contributed by atoms with van der Waals surface area (Å²) in [6.07, 6.45) is 6.53. The van der Waals surface area contributed by atoms with Crippen molar-refractivity contribution in [2.45, 2.75) is 65.2 Å². The van der Waals surface area contributed by atoms with E-state index in [1.165, 1.54) is 12.1 Å². The van der Waals surface area contributed by atoms with Gasteiger partial charge in [0.1, 0.15) is 5.83 Å². The van der Waals surface area contributed by atoms with Crippen molar-refractivity contribution < 1.29 is 17.6 Å². The first-order chi connectivity index (χ1) is 12.5. The minimum atomic E-state index is -1.73. The molecule has 0 bridgehead atoms. The zero-order valence-corrected chi connectivity index (χ0v) is 15.6. The first-order valence-corrected chi connectivity index (χ1v) is 9.67. The van der Waals surface area contributed by atoms with E-state index in [1.807, 2.05) is 6.92 Å². The Labute approximate surface area is 154 Å². The van der Waals surface area contributed by atoms with Crippen LogP contribution in [0.5, 0.6) is 0 Å². The van der Waals surface area contributed by atoms with E-state index in [9.17, 15) is 17.6 Å². The number of aryl methyl sites for hydroxylation is 1. The summed E-state index contributed by atoms with van der Waals surface area (Å²) in [6, 6.07) is 6.17. The van der Waals surface area contributed by atoms with Crippen LogP contribution >= 0.6 is 0 Å². The van der Waals surface area contributed by atoms with Gasteiger partial charge in [0, 0.05) is 11.5 Å². The Bertz CT molecular complexity index is 635. The summed E-state index contributed by atoms with van der Waals surface area (Å²) in [5.41, 5.74) is 0.924. The maximum absolute atomic E-state index is 14.3. The van der Waals surface area contributed by atoms with E-state index in [2.05, 4.69) is 6.92 Å². The minimum absolute atomic E-state index is 0.0723. The number of hydrogen-bond donors (Lipinski definition) is 0. The van der Waals surface area contributed by atoms with Crippen LogP contribution in [-0.2, 0) is 6.42 Å². The van der Waals surface area contributed by atoms with Gasteiger partial charge in [0.2, 0.25) is 0 Å². The van der Waals surface area contributed by atoms with Crippen molar-refractivity contribution in [3.63, 3.8) is 0 Å². The van der Waals surface area contributed by atoms with Crippen molar-refractivity contribution in [2.24, 2.45) is 11.8 Å². The van der Waals surface area contributed by atoms with Crippen LogP contribution in [0.15, 0.2) is 41.7 Å². The highest BCUT2D eigenvalue weighted by Crippen LogP contribution is 2.39. The number of benzene rings is 1. The van der Waals surface area contributed by atoms with Crippen LogP contribution < -0.4 is 0 Å². The second kappa shape index (κ2) is 9.94. The quantitative estimate of drug-likeness (QED) is 0.338. The Morgan fingerprint density at radius 2 is 1.46 bits per heavy atom. The number of allylic oxidation sites excluding steroid dienone is 3. The fourth-order valence-electron chi connectivity index (χ4n) is 3.73. The maximum Gasteiger partial charge on any atom is 0.197 e. The molecule has 2 rings (SSSR count). The van der Waals surface area contributed by atoms with Crippen LogP contribution in [0.4, 0.5) is 17.6 Å². The van der Waals surface area contributed by atoms with Crippen molar-refractivity contribution in [1.82, 2.24) is 0 Å². The van der Waals surface area contributed by atoms with Crippen molar-refractivity contribution in [3.05, 3.63) is 52.9 Å². The lowest BCUT2D eigenvalue weighted by molar-refractivity contribution is 0.255. The molecule has 4 heteroatoms. The van der Waals surface area contributed by atoms with Gasteiger partial charge in [-0.05, 0) is 43.6 Å². The second-order valence-electron chi connectivity index (χ2n) is 7.24. The lowest BCUT2D eigenvalue weighted by atomic mass is 9.79. The van der Waals surface area contributed by atoms with Gasteiger partial charge in [-0.25, -0.2) is 17.6 Å². The molecule has 0 unspecified atom stereocenters. The van der Waals surface area contributed by atoms with Gasteiger partial charge in [-0.2, -0.15) is 0 Å². The topological polar surface area (TPSA) is 0 Å². The number of hydrogen-bond acceptors (Lipinski definition) is 0. The van der Waals surface area contributed by atoms with E-state index in [1.54, 1.807) is 12.1 Å². The Morgan fingerprint density at radius 3 is 2.00 bits per heavy atom. The van der Waals surface area contributed by atoms with Gasteiger partial charge in [-0.1, -0.05) is 57.4 Å². The highest BCUT2D eigenvalue weighted by Gasteiger charge is 2.28. The molecular formula is C22H28F4. The zero-order valence-electron chi connectivity index (χ0n) is 15.6. The van der Waals surface area contributed by atoms with Gasteiger partial charge in [-0.3, -0.25) is 0 Å². The summed E-state index contributed by atoms with van der Waals surface area (Å²) in [6.45, 7) is 4.12. The van der Waals surface area contributed by atoms with Crippen molar-refractivity contribution in [2.75, 3.05) is 0 Å². The van der Waals surface area contributed by atoms with E-state index in [0.29, 0.717) is 18.8 Å². The lowest BCUT2D eigenvalue weighted by Gasteiger charge is -2.27. The molecule has 144 valence electrons. The van der Waals surface area contributed by atoms with Crippen LogP contribution in [-0.4, -0.2) is 0 Å². The molecule has 1 saturated carbocycles. The Kier molecular flexibility index (Phi) is 7.92. The highest BCUT2D eigenvalue weighted by molar-refractivity contribution is 5.64. The van der Waals surface area contributed by atoms with Gasteiger partial charge in [0.25, 0.3) is 0 Å². The predicted molar refractivity (Wildman–Crippen MR) is 99.2 cm³/mol. The molecule has 0 nitrogen and oxygen atoms in total. The van der Waals surface area contributed by atoms with E-state index in [0.717, 1.165) is 44.1 Å². The SMILES string of the molecule is CCCc1ccc(/C(F)=C(F)/C(F)=C(\F)C2CCC(CCC)CC2)cc1. The largest absolute Gasteiger partial charge is 0.208 e. The Balaban J connectivity index is 2.13. The van der Waals surface area contributed by atoms with Crippen molar-refractivity contribution in [3.8, 4) is 0 Å². The molecule has 1 fully saturated rings. The molecule has 0 radical (unpaired) electrons. The monoisotopic (exact) mass is 368 g/mol. The molecule has 1 aliphatic rings. The van der Waals surface area contributed by atoms with Gasteiger partial charge in [0.15, 0.2) is 17.5 Å². The lowest BCUT2D eigenvalue weighted by Crippen LogP contribution is -2.15. The molecule has 26 heavy (non-hydrogen) atoms. The fourth-order valence-corrected chi connectivity index (χ4v) is 3.73. The van der Waals surface area contributed by atoms with Crippen LogP contribution in [0.1, 0.15) is 69.9 Å². The molecule has 0 heterocycles. The molecule has 0 N–H and O–H groups in total. The average Bonchev–Trinajstić information content (AvgIpc) is 2.67. The number of halogens is 4. The van der Waals surface area contributed by atoms with Gasteiger partial charge < -0.3 is 0 Å². The minimum Gasteiger partial charge on any atom is -0.208 e. The fraction of sp³-hybridized carbons (Fsp3) is 0.545. The Morgan fingerprint density at radius 1 is 0.846 bits per heavy atom. The molecule has 0 aromatic heterocycles. The molecule has 1 aromatic rings. The van der Waals surface area contributed by atoms with E-state index < -0.39 is 29.2 Å². The molecule has 0 saturated heterocycles. The van der Waals surface area contributed by atoms with Crippen molar-refractivity contribution >= 4 is 5.83 Å². The third kappa shape index (κ3) is 5.21. The molecule has 0 atom stereocenters. The molecule has 1 aliphatic carbocycles. The number of rotatable bonds is 7. The molecule has 0 aliphatic heterocycles. The Hall–Kier alpha value is -1.58. The third-order valence-corrected chi connectivity index (χ3v) is 5.24. The summed E-state index contributed by atoms with van der Waals surface area (Å²) < 4.78 is 56.9. The predicted octanol–water partition coefficient (Wildman–Crippen LogP) is 8.00. The molecule has 1 aromatic carbocycles. The highest BCUT2D eigenvalue weighted by atomic mass is 19.2. The van der Waals surface area contributed by atoms with E-state index in [-0.39, 0.29) is 5.56 Å². The average molecular weight is 368 g/mol. The van der Waals surface area contributed by atoms with Gasteiger partial charge in [-0.15, -0.1) is 0 Å². The molecule has 0 spiro atoms. The van der Waals surface area contributed by atoms with Crippen LogP contribution in [0.2, 0.25) is 0 Å². The molecular weight excluding hydrogens is 340 g/mol. The summed E-state index contributed by atoms with van der Waals surface area (Å²) >= 11 is 0. The van der Waals surface area contributed by atoms with Crippen LogP contribution in [0, 0.1) is 11.8 Å². The van der Waals surface area contributed by atoms with E-state index in [4.69, 9.17) is 0 Å².